The number of Topliss-reactive ketones (excluding diaryl/α,β-unsaturated/α-hetero) is 1. The quantitative estimate of drug-likeness (QED) is 0.472. The van der Waals surface area contributed by atoms with Crippen molar-refractivity contribution in [3.8, 4) is 5.75 Å². The first-order valence-corrected chi connectivity index (χ1v) is 8.49. The van der Waals surface area contributed by atoms with Gasteiger partial charge in [-0.2, -0.15) is 0 Å². The normalized spacial score (nSPS) is 21.4. The molecule has 0 saturated heterocycles. The Balaban J connectivity index is 2.09. The first kappa shape index (κ1) is 19.3. The number of hydrogen-bond acceptors (Lipinski definition) is 6. The van der Waals surface area contributed by atoms with Crippen molar-refractivity contribution in [3.63, 3.8) is 0 Å². The Hall–Kier alpha value is -2.45. The van der Waals surface area contributed by atoms with Crippen LogP contribution < -0.4 is 0 Å². The molecule has 0 radical (unpaired) electrons. The third kappa shape index (κ3) is 3.68. The van der Waals surface area contributed by atoms with Crippen molar-refractivity contribution in [2.75, 3.05) is 7.05 Å². The third-order valence-corrected chi connectivity index (χ3v) is 4.51. The SMILES string of the molecule is CC(=O)C(=O)N(C)OC1(O)c2cc(Cl)ccc2COC1c1ccc(O)cc1. The molecule has 1 aliphatic rings. The lowest BCUT2D eigenvalue weighted by atomic mass is 9.89. The van der Waals surface area contributed by atoms with Crippen LogP contribution in [0.1, 0.15) is 29.7 Å². The van der Waals surface area contributed by atoms with E-state index in [1.807, 2.05) is 0 Å². The van der Waals surface area contributed by atoms with E-state index in [9.17, 15) is 19.8 Å². The number of aliphatic hydroxyl groups is 1. The summed E-state index contributed by atoms with van der Waals surface area (Å²) in [5, 5.41) is 22.0. The molecule has 2 unspecified atom stereocenters. The second kappa shape index (κ2) is 7.28. The summed E-state index contributed by atoms with van der Waals surface area (Å²) in [7, 11) is 1.23. The molecule has 0 fully saturated rings. The maximum absolute atomic E-state index is 12.0. The standard InChI is InChI=1S/C19H18ClNO6/c1-11(22)18(24)21(2)27-19(25)16-9-14(20)6-3-13(16)10-26-17(19)12-4-7-15(23)8-5-12/h3-9,17,23,25H,10H2,1-2H3. The van der Waals surface area contributed by atoms with Gasteiger partial charge in [0, 0.05) is 24.6 Å². The van der Waals surface area contributed by atoms with Crippen LogP contribution in [-0.2, 0) is 31.6 Å². The molecule has 1 aliphatic heterocycles. The van der Waals surface area contributed by atoms with Crippen molar-refractivity contribution in [3.05, 3.63) is 64.2 Å². The lowest BCUT2D eigenvalue weighted by Crippen LogP contribution is -2.48. The minimum Gasteiger partial charge on any atom is -0.508 e. The number of nitrogens with zero attached hydrogens (tertiary/aromatic N) is 1. The number of carbonyl (C=O) groups excluding carboxylic acids is 2. The number of phenols is 1. The van der Waals surface area contributed by atoms with Gasteiger partial charge in [-0.1, -0.05) is 29.8 Å². The Morgan fingerprint density at radius 1 is 1.26 bits per heavy atom. The molecule has 1 amide bonds. The summed E-state index contributed by atoms with van der Waals surface area (Å²) in [5.41, 5.74) is 1.45. The Kier molecular flexibility index (Phi) is 5.21. The first-order valence-electron chi connectivity index (χ1n) is 8.12. The number of ketones is 1. The van der Waals surface area contributed by atoms with E-state index in [1.165, 1.54) is 25.2 Å². The summed E-state index contributed by atoms with van der Waals surface area (Å²) in [6.45, 7) is 1.28. The number of likely N-dealkylation sites (N-methyl/N-ethyl adjacent to an activating group) is 1. The molecular formula is C19H18ClNO6. The number of benzene rings is 2. The van der Waals surface area contributed by atoms with Gasteiger partial charge >= 0.3 is 5.91 Å². The number of amides is 1. The van der Waals surface area contributed by atoms with Gasteiger partial charge in [0.15, 0.2) is 0 Å². The summed E-state index contributed by atoms with van der Waals surface area (Å²) in [4.78, 5) is 28.9. The van der Waals surface area contributed by atoms with Crippen LogP contribution in [0.15, 0.2) is 42.5 Å². The highest BCUT2D eigenvalue weighted by atomic mass is 35.5. The van der Waals surface area contributed by atoms with Crippen LogP contribution >= 0.6 is 11.6 Å². The van der Waals surface area contributed by atoms with Gasteiger partial charge in [-0.15, -0.1) is 0 Å². The van der Waals surface area contributed by atoms with Crippen molar-refractivity contribution in [1.29, 1.82) is 0 Å². The van der Waals surface area contributed by atoms with Gasteiger partial charge < -0.3 is 14.9 Å². The Morgan fingerprint density at radius 3 is 2.56 bits per heavy atom. The highest BCUT2D eigenvalue weighted by Gasteiger charge is 2.49. The molecule has 1 heterocycles. The topological polar surface area (TPSA) is 96.3 Å². The van der Waals surface area contributed by atoms with Gasteiger partial charge in [-0.25, -0.2) is 9.90 Å². The van der Waals surface area contributed by atoms with E-state index in [0.717, 1.165) is 6.92 Å². The molecule has 142 valence electrons. The molecule has 0 bridgehead atoms. The molecule has 0 aromatic heterocycles. The predicted molar refractivity (Wildman–Crippen MR) is 95.5 cm³/mol. The number of hydroxylamine groups is 2. The van der Waals surface area contributed by atoms with E-state index < -0.39 is 23.6 Å². The van der Waals surface area contributed by atoms with Gasteiger partial charge in [0.25, 0.3) is 0 Å². The van der Waals surface area contributed by atoms with Gasteiger partial charge in [0.05, 0.1) is 6.61 Å². The predicted octanol–water partition coefficient (Wildman–Crippen LogP) is 2.44. The number of aromatic hydroxyl groups is 1. The molecular weight excluding hydrogens is 374 g/mol. The van der Waals surface area contributed by atoms with E-state index in [-0.39, 0.29) is 12.4 Å². The summed E-state index contributed by atoms with van der Waals surface area (Å²) in [6.07, 6.45) is -1.04. The van der Waals surface area contributed by atoms with Crippen LogP contribution in [0.25, 0.3) is 0 Å². The zero-order chi connectivity index (χ0) is 19.8. The van der Waals surface area contributed by atoms with E-state index >= 15 is 0 Å². The van der Waals surface area contributed by atoms with Crippen molar-refractivity contribution in [2.45, 2.75) is 25.4 Å². The van der Waals surface area contributed by atoms with E-state index in [1.54, 1.807) is 24.3 Å². The Morgan fingerprint density at radius 2 is 1.93 bits per heavy atom. The second-order valence-electron chi connectivity index (χ2n) is 6.23. The molecule has 2 atom stereocenters. The average Bonchev–Trinajstić information content (AvgIpc) is 2.62. The molecule has 0 spiro atoms. The summed E-state index contributed by atoms with van der Waals surface area (Å²) in [6, 6.07) is 10.9. The first-order chi connectivity index (χ1) is 12.7. The second-order valence-corrected chi connectivity index (χ2v) is 6.67. The molecule has 7 nitrogen and oxygen atoms in total. The highest BCUT2D eigenvalue weighted by molar-refractivity contribution is 6.34. The van der Waals surface area contributed by atoms with E-state index in [4.69, 9.17) is 21.2 Å². The summed E-state index contributed by atoms with van der Waals surface area (Å²) >= 11 is 6.09. The Bertz CT molecular complexity index is 884. The summed E-state index contributed by atoms with van der Waals surface area (Å²) in [5.74, 6) is -3.76. The number of fused-ring (bicyclic) bond motifs is 1. The minimum absolute atomic E-state index is 0.0475. The smallest absolute Gasteiger partial charge is 0.313 e. The van der Waals surface area contributed by atoms with Gasteiger partial charge in [-0.05, 0) is 35.4 Å². The fraction of sp³-hybridized carbons (Fsp3) is 0.263. The average molecular weight is 392 g/mol. The van der Waals surface area contributed by atoms with Crippen molar-refractivity contribution in [2.24, 2.45) is 0 Å². The fourth-order valence-corrected chi connectivity index (χ4v) is 3.15. The lowest BCUT2D eigenvalue weighted by Gasteiger charge is -2.42. The highest BCUT2D eigenvalue weighted by Crippen LogP contribution is 2.46. The van der Waals surface area contributed by atoms with Crippen LogP contribution in [0.2, 0.25) is 5.02 Å². The maximum atomic E-state index is 12.0. The van der Waals surface area contributed by atoms with E-state index in [2.05, 4.69) is 0 Å². The maximum Gasteiger partial charge on any atom is 0.313 e. The molecule has 2 aromatic rings. The van der Waals surface area contributed by atoms with Crippen LogP contribution in [0.3, 0.4) is 0 Å². The van der Waals surface area contributed by atoms with E-state index in [0.29, 0.717) is 26.8 Å². The monoisotopic (exact) mass is 391 g/mol. The number of ether oxygens (including phenoxy) is 1. The van der Waals surface area contributed by atoms with Crippen molar-refractivity contribution >= 4 is 23.3 Å². The molecule has 2 N–H and O–H groups in total. The number of rotatable bonds is 4. The van der Waals surface area contributed by atoms with Crippen LogP contribution in [0, 0.1) is 0 Å². The molecule has 0 saturated carbocycles. The van der Waals surface area contributed by atoms with Crippen LogP contribution in [0.4, 0.5) is 0 Å². The molecule has 3 rings (SSSR count). The fourth-order valence-electron chi connectivity index (χ4n) is 2.98. The zero-order valence-corrected chi connectivity index (χ0v) is 15.4. The third-order valence-electron chi connectivity index (χ3n) is 4.28. The number of hydrogen-bond donors (Lipinski definition) is 2. The molecule has 2 aromatic carbocycles. The largest absolute Gasteiger partial charge is 0.508 e. The van der Waals surface area contributed by atoms with Gasteiger partial charge in [-0.3, -0.25) is 9.59 Å². The number of carbonyl (C=O) groups is 2. The van der Waals surface area contributed by atoms with Crippen LogP contribution in [0.5, 0.6) is 5.75 Å². The van der Waals surface area contributed by atoms with Crippen molar-refractivity contribution in [1.82, 2.24) is 5.06 Å². The minimum atomic E-state index is -2.13. The molecule has 27 heavy (non-hydrogen) atoms. The van der Waals surface area contributed by atoms with Crippen LogP contribution in [-0.4, -0.2) is 34.0 Å². The Labute approximate surface area is 160 Å². The lowest BCUT2D eigenvalue weighted by molar-refractivity contribution is -0.364. The summed E-state index contributed by atoms with van der Waals surface area (Å²) < 4.78 is 5.80. The number of halogens is 1. The number of phenolic OH excluding ortho intramolecular Hbond substituents is 1. The van der Waals surface area contributed by atoms with Crippen molar-refractivity contribution < 1.29 is 29.4 Å². The zero-order valence-electron chi connectivity index (χ0n) is 14.7. The molecule has 8 heteroatoms. The van der Waals surface area contributed by atoms with Gasteiger partial charge in [0.2, 0.25) is 11.6 Å². The molecule has 0 aliphatic carbocycles. The van der Waals surface area contributed by atoms with Gasteiger partial charge in [0.1, 0.15) is 11.9 Å².